The fraction of sp³-hybridized carbons (Fsp3) is 0. The van der Waals surface area contributed by atoms with Crippen LogP contribution in [-0.4, -0.2) is 4.98 Å². The summed E-state index contributed by atoms with van der Waals surface area (Å²) in [5, 5.41) is 4.34. The number of benzene rings is 6. The first kappa shape index (κ1) is 21.7. The quantitative estimate of drug-likeness (QED) is 0.240. The minimum absolute atomic E-state index is 0.580. The molecule has 0 amide bonds. The average molecular weight is 503 g/mol. The molecule has 0 unspecified atom stereocenters. The van der Waals surface area contributed by atoms with Crippen molar-refractivity contribution in [3.05, 3.63) is 133 Å². The highest BCUT2D eigenvalue weighted by molar-refractivity contribution is 6.20. The van der Waals surface area contributed by atoms with Crippen LogP contribution in [0.4, 0.5) is 17.1 Å². The molecule has 39 heavy (non-hydrogen) atoms. The molecule has 0 spiro atoms. The Morgan fingerprint density at radius 3 is 2.10 bits per heavy atom. The average Bonchev–Trinajstić information content (AvgIpc) is 3.60. The minimum Gasteiger partial charge on any atom is -0.456 e. The normalized spacial score (nSPS) is 11.6. The van der Waals surface area contributed by atoms with Crippen LogP contribution in [-0.2, 0) is 0 Å². The Hall–Kier alpha value is -5.35. The van der Waals surface area contributed by atoms with Crippen molar-refractivity contribution in [1.29, 1.82) is 0 Å². The van der Waals surface area contributed by atoms with Gasteiger partial charge in [-0.25, -0.2) is 4.98 Å². The van der Waals surface area contributed by atoms with Crippen molar-refractivity contribution in [1.82, 2.24) is 4.98 Å². The van der Waals surface area contributed by atoms with Gasteiger partial charge in [0.2, 0.25) is 5.89 Å². The van der Waals surface area contributed by atoms with Crippen LogP contribution >= 0.6 is 0 Å². The standard InChI is InChI=1S/C35H22N2O2/c1-3-12-24(13-4-1)35-36-33-32-28-17-9-10-18-30(28)38-31(32)22-29(34(33)39-35)37(26-15-5-2-6-16-26)27-20-19-23-11-7-8-14-25(23)21-27/h1-22H. The van der Waals surface area contributed by atoms with Crippen molar-refractivity contribution >= 4 is 60.9 Å². The Morgan fingerprint density at radius 1 is 0.538 bits per heavy atom. The molecule has 0 bridgehead atoms. The van der Waals surface area contributed by atoms with Crippen molar-refractivity contribution in [3.63, 3.8) is 0 Å². The van der Waals surface area contributed by atoms with Crippen LogP contribution in [0.3, 0.4) is 0 Å². The first-order valence-corrected chi connectivity index (χ1v) is 13.0. The van der Waals surface area contributed by atoms with Gasteiger partial charge in [-0.1, -0.05) is 84.9 Å². The van der Waals surface area contributed by atoms with Crippen LogP contribution in [0, 0.1) is 0 Å². The van der Waals surface area contributed by atoms with Gasteiger partial charge in [0.05, 0.1) is 11.1 Å². The lowest BCUT2D eigenvalue weighted by Gasteiger charge is -2.25. The number of anilines is 3. The third-order valence-corrected chi connectivity index (χ3v) is 7.25. The molecule has 8 aromatic rings. The largest absolute Gasteiger partial charge is 0.456 e. The topological polar surface area (TPSA) is 42.4 Å². The summed E-state index contributed by atoms with van der Waals surface area (Å²) in [6, 6.07) is 45.5. The van der Waals surface area contributed by atoms with Crippen molar-refractivity contribution in [2.75, 3.05) is 4.90 Å². The van der Waals surface area contributed by atoms with Gasteiger partial charge in [-0.05, 0) is 53.2 Å². The zero-order chi connectivity index (χ0) is 25.8. The van der Waals surface area contributed by atoms with E-state index in [-0.39, 0.29) is 0 Å². The number of hydrogen-bond acceptors (Lipinski definition) is 4. The molecule has 8 rings (SSSR count). The summed E-state index contributed by atoms with van der Waals surface area (Å²) < 4.78 is 13.0. The summed E-state index contributed by atoms with van der Waals surface area (Å²) in [6.45, 7) is 0. The van der Waals surface area contributed by atoms with Gasteiger partial charge in [-0.2, -0.15) is 0 Å². The molecule has 0 aliphatic carbocycles. The molecule has 4 nitrogen and oxygen atoms in total. The molecule has 184 valence electrons. The number of furan rings is 1. The molecule has 0 saturated heterocycles. The van der Waals surface area contributed by atoms with Gasteiger partial charge in [0.15, 0.2) is 5.58 Å². The molecule has 6 aromatic carbocycles. The van der Waals surface area contributed by atoms with Crippen molar-refractivity contribution in [2.45, 2.75) is 0 Å². The molecule has 0 aliphatic rings. The second-order valence-electron chi connectivity index (χ2n) is 9.63. The smallest absolute Gasteiger partial charge is 0.227 e. The number of fused-ring (bicyclic) bond motifs is 6. The second kappa shape index (κ2) is 8.61. The van der Waals surface area contributed by atoms with Gasteiger partial charge in [-0.15, -0.1) is 0 Å². The van der Waals surface area contributed by atoms with E-state index >= 15 is 0 Å². The fourth-order valence-corrected chi connectivity index (χ4v) is 5.45. The van der Waals surface area contributed by atoms with Crippen molar-refractivity contribution in [3.8, 4) is 11.5 Å². The highest BCUT2D eigenvalue weighted by atomic mass is 16.4. The number of oxazole rings is 1. The van der Waals surface area contributed by atoms with Gasteiger partial charge < -0.3 is 13.7 Å². The predicted octanol–water partition coefficient (Wildman–Crippen LogP) is 10.0. The molecule has 0 N–H and O–H groups in total. The maximum absolute atomic E-state index is 6.63. The minimum atomic E-state index is 0.580. The molecular formula is C35H22N2O2. The number of hydrogen-bond donors (Lipinski definition) is 0. The number of rotatable bonds is 4. The van der Waals surface area contributed by atoms with Gasteiger partial charge in [0.1, 0.15) is 16.7 Å². The summed E-state index contributed by atoms with van der Waals surface area (Å²) in [6.07, 6.45) is 0. The molecule has 0 fully saturated rings. The summed E-state index contributed by atoms with van der Waals surface area (Å²) in [4.78, 5) is 7.28. The summed E-state index contributed by atoms with van der Waals surface area (Å²) in [5.41, 5.74) is 6.93. The van der Waals surface area contributed by atoms with Gasteiger partial charge >= 0.3 is 0 Å². The van der Waals surface area contributed by atoms with E-state index in [0.717, 1.165) is 50.1 Å². The SMILES string of the molecule is c1ccc(-c2nc3c(o2)c(N(c2ccccc2)c2ccc4ccccc4c2)cc2oc4ccccc4c23)cc1. The number of nitrogens with zero attached hydrogens (tertiary/aromatic N) is 2. The molecule has 0 saturated carbocycles. The third kappa shape index (κ3) is 3.50. The van der Waals surface area contributed by atoms with Crippen LogP contribution < -0.4 is 4.90 Å². The molecule has 0 atom stereocenters. The Balaban J connectivity index is 1.48. The lowest BCUT2D eigenvalue weighted by molar-refractivity contribution is 0.619. The van der Waals surface area contributed by atoms with E-state index in [4.69, 9.17) is 13.8 Å². The van der Waals surface area contributed by atoms with Crippen LogP contribution in [0.5, 0.6) is 0 Å². The van der Waals surface area contributed by atoms with Crippen LogP contribution in [0.25, 0.3) is 55.3 Å². The van der Waals surface area contributed by atoms with E-state index in [0.29, 0.717) is 11.5 Å². The Kier molecular flexibility index (Phi) is 4.79. The zero-order valence-corrected chi connectivity index (χ0v) is 20.9. The molecule has 0 aliphatic heterocycles. The first-order chi connectivity index (χ1) is 19.3. The molecular weight excluding hydrogens is 480 g/mol. The van der Waals surface area contributed by atoms with Gasteiger partial charge in [-0.3, -0.25) is 0 Å². The zero-order valence-electron chi connectivity index (χ0n) is 20.9. The van der Waals surface area contributed by atoms with Crippen molar-refractivity contribution < 1.29 is 8.83 Å². The van der Waals surface area contributed by atoms with Crippen LogP contribution in [0.1, 0.15) is 0 Å². The van der Waals surface area contributed by atoms with E-state index in [1.807, 2.05) is 54.6 Å². The fourth-order valence-electron chi connectivity index (χ4n) is 5.45. The van der Waals surface area contributed by atoms with Crippen molar-refractivity contribution in [2.24, 2.45) is 0 Å². The number of para-hydroxylation sites is 2. The Labute approximate surface area is 224 Å². The second-order valence-corrected chi connectivity index (χ2v) is 9.63. The summed E-state index contributed by atoms with van der Waals surface area (Å²) >= 11 is 0. The van der Waals surface area contributed by atoms with E-state index in [1.54, 1.807) is 0 Å². The lowest BCUT2D eigenvalue weighted by Crippen LogP contribution is -2.10. The Bertz CT molecular complexity index is 2130. The van der Waals surface area contributed by atoms with E-state index in [9.17, 15) is 0 Å². The molecule has 4 heteroatoms. The Morgan fingerprint density at radius 2 is 1.26 bits per heavy atom. The molecule has 0 radical (unpaired) electrons. The monoisotopic (exact) mass is 502 g/mol. The summed E-state index contributed by atoms with van der Waals surface area (Å²) in [5.74, 6) is 0.580. The third-order valence-electron chi connectivity index (χ3n) is 7.25. The number of aromatic nitrogens is 1. The van der Waals surface area contributed by atoms with Gasteiger partial charge in [0.25, 0.3) is 0 Å². The van der Waals surface area contributed by atoms with Crippen LogP contribution in [0.2, 0.25) is 0 Å². The highest BCUT2D eigenvalue weighted by Gasteiger charge is 2.24. The predicted molar refractivity (Wildman–Crippen MR) is 159 cm³/mol. The van der Waals surface area contributed by atoms with E-state index in [2.05, 4.69) is 83.8 Å². The van der Waals surface area contributed by atoms with Gasteiger partial charge in [0, 0.05) is 28.4 Å². The molecule has 2 aromatic heterocycles. The lowest BCUT2D eigenvalue weighted by atomic mass is 10.1. The maximum atomic E-state index is 6.63. The highest BCUT2D eigenvalue weighted by Crippen LogP contribution is 2.45. The maximum Gasteiger partial charge on any atom is 0.227 e. The van der Waals surface area contributed by atoms with E-state index in [1.165, 1.54) is 10.8 Å². The van der Waals surface area contributed by atoms with Crippen LogP contribution in [0.15, 0.2) is 142 Å². The first-order valence-electron chi connectivity index (χ1n) is 13.0. The molecule has 2 heterocycles. The summed E-state index contributed by atoms with van der Waals surface area (Å²) in [7, 11) is 0. The van der Waals surface area contributed by atoms with E-state index < -0.39 is 0 Å².